The highest BCUT2D eigenvalue weighted by Crippen LogP contribution is 2.21. The molecule has 0 saturated carbocycles. The van der Waals surface area contributed by atoms with Gasteiger partial charge in [-0.25, -0.2) is 4.39 Å². The lowest BCUT2D eigenvalue weighted by Gasteiger charge is -2.21. The minimum absolute atomic E-state index is 0. The maximum absolute atomic E-state index is 13.6. The van der Waals surface area contributed by atoms with E-state index in [2.05, 4.69) is 15.5 Å². The van der Waals surface area contributed by atoms with Gasteiger partial charge >= 0.3 is 0 Å². The van der Waals surface area contributed by atoms with E-state index in [9.17, 15) is 9.18 Å². The summed E-state index contributed by atoms with van der Waals surface area (Å²) in [4.78, 5) is 12.1. The number of benzene rings is 1. The first kappa shape index (κ1) is 19.5. The van der Waals surface area contributed by atoms with Gasteiger partial charge in [-0.1, -0.05) is 42.9 Å². The molecule has 23 heavy (non-hydrogen) atoms. The highest BCUT2D eigenvalue weighted by Gasteiger charge is 2.28. The molecule has 1 unspecified atom stereocenters. The van der Waals surface area contributed by atoms with Crippen LogP contribution in [0.25, 0.3) is 0 Å². The largest absolute Gasteiger partial charge is 0.318 e. The molecule has 1 aromatic heterocycles. The lowest BCUT2D eigenvalue weighted by molar-refractivity contribution is -0.120. The molecule has 2 aromatic rings. The second-order valence-electron chi connectivity index (χ2n) is 5.39. The van der Waals surface area contributed by atoms with Crippen LogP contribution in [0, 0.1) is 5.82 Å². The van der Waals surface area contributed by atoms with E-state index in [4.69, 9.17) is 5.73 Å². The smallest absolute Gasteiger partial charge is 0.245 e. The van der Waals surface area contributed by atoms with Crippen LogP contribution in [0.2, 0.25) is 0 Å². The maximum atomic E-state index is 13.6. The van der Waals surface area contributed by atoms with Crippen LogP contribution in [0.5, 0.6) is 0 Å². The number of nitrogens with zero attached hydrogens (tertiary/aromatic N) is 2. The zero-order valence-corrected chi connectivity index (χ0v) is 14.6. The molecule has 1 aromatic carbocycles. The average molecular weight is 359 g/mol. The Balaban J connectivity index is 0.00000264. The lowest BCUT2D eigenvalue weighted by atomic mass is 9.97. The van der Waals surface area contributed by atoms with Crippen molar-refractivity contribution in [3.05, 3.63) is 40.7 Å². The summed E-state index contributed by atoms with van der Waals surface area (Å²) in [6, 6.07) is 6.52. The normalized spacial score (nSPS) is 13.0. The van der Waals surface area contributed by atoms with Gasteiger partial charge in [-0.2, -0.15) is 0 Å². The number of anilines is 1. The first-order chi connectivity index (χ1) is 10.4. The Morgan fingerprint density at radius 2 is 2.09 bits per heavy atom. The van der Waals surface area contributed by atoms with Crippen LogP contribution in [-0.4, -0.2) is 21.6 Å². The quantitative estimate of drug-likeness (QED) is 0.831. The molecule has 0 aliphatic carbocycles. The molecule has 8 heteroatoms. The van der Waals surface area contributed by atoms with Gasteiger partial charge in [-0.3, -0.25) is 10.1 Å². The van der Waals surface area contributed by atoms with E-state index in [1.165, 1.54) is 17.4 Å². The summed E-state index contributed by atoms with van der Waals surface area (Å²) in [7, 11) is 0. The van der Waals surface area contributed by atoms with Gasteiger partial charge in [-0.15, -0.1) is 22.6 Å². The summed E-state index contributed by atoms with van der Waals surface area (Å²) in [5.74, 6) is -0.566. The molecule has 3 N–H and O–H groups in total. The highest BCUT2D eigenvalue weighted by atomic mass is 35.5. The van der Waals surface area contributed by atoms with Crippen molar-refractivity contribution >= 4 is 34.8 Å². The molecule has 126 valence electrons. The summed E-state index contributed by atoms with van der Waals surface area (Å²) in [5.41, 5.74) is 5.57. The van der Waals surface area contributed by atoms with Crippen LogP contribution in [-0.2, 0) is 11.2 Å². The Labute approximate surface area is 144 Å². The third-order valence-corrected chi connectivity index (χ3v) is 4.11. The van der Waals surface area contributed by atoms with Crippen molar-refractivity contribution in [1.29, 1.82) is 0 Å². The summed E-state index contributed by atoms with van der Waals surface area (Å²) in [6.07, 6.45) is 1.74. The molecule has 1 atom stereocenters. The van der Waals surface area contributed by atoms with Crippen LogP contribution in [0.1, 0.15) is 37.3 Å². The predicted molar refractivity (Wildman–Crippen MR) is 92.5 cm³/mol. The van der Waals surface area contributed by atoms with Crippen molar-refractivity contribution in [3.8, 4) is 0 Å². The Kier molecular flexibility index (Phi) is 7.05. The predicted octanol–water partition coefficient (Wildman–Crippen LogP) is 3.15. The van der Waals surface area contributed by atoms with Gasteiger partial charge in [0.25, 0.3) is 0 Å². The number of hydrogen-bond acceptors (Lipinski definition) is 5. The standard InChI is InChI=1S/C15H19FN4OS.ClH/c1-3-8-15(2,17)13(21)18-14-20-19-12(22-14)9-10-6-4-5-7-11(10)16;/h4-7H,3,8-9,17H2,1-2H3,(H,18,20,21);1H. The number of halogens is 2. The van der Waals surface area contributed by atoms with E-state index in [0.717, 1.165) is 6.42 Å². The van der Waals surface area contributed by atoms with Crippen molar-refractivity contribution in [2.75, 3.05) is 5.32 Å². The van der Waals surface area contributed by atoms with Gasteiger partial charge in [0, 0.05) is 6.42 Å². The second-order valence-corrected chi connectivity index (χ2v) is 6.45. The Hall–Kier alpha value is -1.57. The fourth-order valence-corrected chi connectivity index (χ4v) is 2.81. The number of carbonyl (C=O) groups excluding carboxylic acids is 1. The average Bonchev–Trinajstić information content (AvgIpc) is 2.88. The molecule has 5 nitrogen and oxygen atoms in total. The van der Waals surface area contributed by atoms with Gasteiger partial charge in [0.05, 0.1) is 5.54 Å². The monoisotopic (exact) mass is 358 g/mol. The molecule has 1 heterocycles. The summed E-state index contributed by atoms with van der Waals surface area (Å²) >= 11 is 1.22. The van der Waals surface area contributed by atoms with Crippen molar-refractivity contribution in [1.82, 2.24) is 10.2 Å². The first-order valence-corrected chi connectivity index (χ1v) is 7.90. The number of carbonyl (C=O) groups is 1. The maximum Gasteiger partial charge on any atom is 0.245 e. The van der Waals surface area contributed by atoms with E-state index in [0.29, 0.717) is 28.5 Å². The van der Waals surface area contributed by atoms with E-state index in [1.807, 2.05) is 6.92 Å². The molecule has 2 rings (SSSR count). The summed E-state index contributed by atoms with van der Waals surface area (Å²) in [5, 5.41) is 11.6. The number of nitrogens with one attached hydrogen (secondary N) is 1. The van der Waals surface area contributed by atoms with Gasteiger partial charge in [-0.05, 0) is 25.0 Å². The fourth-order valence-electron chi connectivity index (χ4n) is 2.05. The molecule has 0 saturated heterocycles. The van der Waals surface area contributed by atoms with E-state index in [-0.39, 0.29) is 24.1 Å². The minimum atomic E-state index is -0.938. The van der Waals surface area contributed by atoms with Crippen LogP contribution in [0.3, 0.4) is 0 Å². The SMILES string of the molecule is CCCC(C)(N)C(=O)Nc1nnc(Cc2ccccc2F)s1.Cl. The topological polar surface area (TPSA) is 80.9 Å². The van der Waals surface area contributed by atoms with Crippen LogP contribution in [0.15, 0.2) is 24.3 Å². The van der Waals surface area contributed by atoms with Crippen molar-refractivity contribution in [2.45, 2.75) is 38.6 Å². The second kappa shape index (κ2) is 8.33. The Morgan fingerprint density at radius 1 is 1.39 bits per heavy atom. The lowest BCUT2D eigenvalue weighted by Crippen LogP contribution is -2.48. The molecule has 0 aliphatic heterocycles. The zero-order chi connectivity index (χ0) is 16.2. The molecular weight excluding hydrogens is 339 g/mol. The molecule has 0 spiro atoms. The van der Waals surface area contributed by atoms with Gasteiger partial charge in [0.2, 0.25) is 11.0 Å². The summed E-state index contributed by atoms with van der Waals surface area (Å²) < 4.78 is 13.6. The van der Waals surface area contributed by atoms with E-state index >= 15 is 0 Å². The zero-order valence-electron chi connectivity index (χ0n) is 13.0. The summed E-state index contributed by atoms with van der Waals surface area (Å²) in [6.45, 7) is 3.66. The molecule has 1 amide bonds. The van der Waals surface area contributed by atoms with Gasteiger partial charge in [0.15, 0.2) is 0 Å². The number of rotatable bonds is 6. The molecular formula is C15H20ClFN4OS. The minimum Gasteiger partial charge on any atom is -0.318 e. The number of nitrogens with two attached hydrogens (primary N) is 1. The Morgan fingerprint density at radius 3 is 2.74 bits per heavy atom. The Bertz CT molecular complexity index is 662. The fraction of sp³-hybridized carbons (Fsp3) is 0.400. The van der Waals surface area contributed by atoms with Gasteiger partial charge < -0.3 is 5.73 Å². The van der Waals surface area contributed by atoms with E-state index < -0.39 is 5.54 Å². The van der Waals surface area contributed by atoms with Crippen molar-refractivity contribution in [2.24, 2.45) is 5.73 Å². The van der Waals surface area contributed by atoms with Crippen molar-refractivity contribution < 1.29 is 9.18 Å². The first-order valence-electron chi connectivity index (χ1n) is 7.08. The molecule has 0 aliphatic rings. The van der Waals surface area contributed by atoms with Crippen molar-refractivity contribution in [3.63, 3.8) is 0 Å². The van der Waals surface area contributed by atoms with Crippen LogP contribution < -0.4 is 11.1 Å². The van der Waals surface area contributed by atoms with Crippen LogP contribution >= 0.6 is 23.7 Å². The molecule has 0 fully saturated rings. The number of aromatic nitrogens is 2. The molecule has 0 radical (unpaired) electrons. The number of amides is 1. The molecule has 0 bridgehead atoms. The van der Waals surface area contributed by atoms with Gasteiger partial charge in [0.1, 0.15) is 10.8 Å². The van der Waals surface area contributed by atoms with E-state index in [1.54, 1.807) is 25.1 Å². The number of hydrogen-bond donors (Lipinski definition) is 2. The third-order valence-electron chi connectivity index (χ3n) is 3.27. The van der Waals surface area contributed by atoms with Crippen LogP contribution in [0.4, 0.5) is 9.52 Å². The third kappa shape index (κ3) is 5.23. The highest BCUT2D eigenvalue weighted by molar-refractivity contribution is 7.15.